The van der Waals surface area contributed by atoms with E-state index in [4.69, 9.17) is 64.5 Å². The van der Waals surface area contributed by atoms with Gasteiger partial charge in [0, 0.05) is 108 Å². The molecule has 0 bridgehead atoms. The van der Waals surface area contributed by atoms with Crippen LogP contribution in [0.25, 0.3) is 43.1 Å². The van der Waals surface area contributed by atoms with Crippen molar-refractivity contribution in [3.05, 3.63) is 144 Å². The molecule has 0 radical (unpaired) electrons. The molecule has 0 aliphatic carbocycles. The van der Waals surface area contributed by atoms with Crippen LogP contribution in [0.1, 0.15) is 226 Å². The molecule has 0 fully saturated rings. The lowest BCUT2D eigenvalue weighted by Crippen LogP contribution is -2.47. The Labute approximate surface area is 662 Å². The molecule has 600 valence electrons. The summed E-state index contributed by atoms with van der Waals surface area (Å²) < 4.78 is 92.4. The van der Waals surface area contributed by atoms with Gasteiger partial charge in [-0.3, -0.25) is 29.0 Å². The van der Waals surface area contributed by atoms with Crippen molar-refractivity contribution in [3.63, 3.8) is 0 Å². The minimum absolute atomic E-state index is 0.0290. The molecule has 11 rings (SSSR count). The van der Waals surface area contributed by atoms with E-state index in [9.17, 15) is 0 Å². The fraction of sp³-hybridized carbons (Fsp3) is 0.467. The van der Waals surface area contributed by atoms with Gasteiger partial charge in [-0.05, 0) is 201 Å². The lowest BCUT2D eigenvalue weighted by molar-refractivity contribution is 0.0572. The van der Waals surface area contributed by atoms with E-state index in [2.05, 4.69) is 27.7 Å². The third-order valence-corrected chi connectivity index (χ3v) is 26.6. The van der Waals surface area contributed by atoms with Crippen LogP contribution in [0.5, 0.6) is 69.0 Å². The summed E-state index contributed by atoms with van der Waals surface area (Å²) in [6.45, 7) is 24.2. The highest BCUT2D eigenvalue weighted by molar-refractivity contribution is 6.61. The van der Waals surface area contributed by atoms with Crippen LogP contribution in [-0.2, 0) is 26.6 Å². The van der Waals surface area contributed by atoms with Gasteiger partial charge in [0.2, 0.25) is 0 Å². The van der Waals surface area contributed by atoms with Crippen LogP contribution in [0.4, 0.5) is 0 Å². The van der Waals surface area contributed by atoms with E-state index in [0.29, 0.717) is 167 Å². The van der Waals surface area contributed by atoms with Crippen molar-refractivity contribution in [2.45, 2.75) is 197 Å². The SMILES string of the molecule is CCCCCCOc1ccc(Oc2cc3c4c(cc(Oc5ccc(OCCCCCC)cc5)c5c6c(Oc7ccc(OCCCCCC)cc7)cc7c8c(cc(Oc9ccc(OCCCCCC)cc9)c(c2c45)c86)C(=O)N(CCC[Si](OCC)(OCC)OCC)C7=O)C(=O)N(CCC[Si](OCC)(OCC)OCC)C3=O)cc1. The fourth-order valence-electron chi connectivity index (χ4n) is 15.0. The van der Waals surface area contributed by atoms with Gasteiger partial charge in [-0.25, -0.2) is 0 Å². The number of ether oxygens (including phenoxy) is 8. The molecule has 2 aliphatic rings. The van der Waals surface area contributed by atoms with Crippen molar-refractivity contribution in [1.82, 2.24) is 9.80 Å². The van der Waals surface area contributed by atoms with Crippen LogP contribution in [-0.4, -0.2) is 130 Å². The van der Waals surface area contributed by atoms with Crippen molar-refractivity contribution in [3.8, 4) is 69.0 Å². The standard InChI is InChI=1S/C90H114N2O18Si2/c1-11-21-25-29-53-97-63-35-43-67(44-36-63)107-75-59-71-79-72(88(94)91(87(71)93)51-33-57-111(101-15-5,102-16-6)103-17-7)61-77(109-69-47-39-65(40-48-69)99-55-31-27-23-13-3)83-84-78(110-70-49-41-66(42-50-70)100-56-32-28-24-14-4)62-74-80-73(89(95)92(90(74)96)52-34-58-112(104-18-8,105-19-9)106-20-10)60-76(82(86(80)84)81(75)85(79)83)108-68-45-37-64(38-46-68)98-54-30-26-22-12-2/h35-50,59-62H,11-34,51-58H2,1-10H3. The van der Waals surface area contributed by atoms with Crippen molar-refractivity contribution in [2.75, 3.05) is 79.2 Å². The topological polar surface area (TPSA) is 204 Å². The second-order valence-corrected chi connectivity index (χ2v) is 33.8. The summed E-state index contributed by atoms with van der Waals surface area (Å²) in [7, 11) is -6.58. The summed E-state index contributed by atoms with van der Waals surface area (Å²) >= 11 is 0. The third-order valence-electron chi connectivity index (χ3n) is 20.3. The van der Waals surface area contributed by atoms with E-state index in [1.807, 2.05) is 139 Å². The molecule has 112 heavy (non-hydrogen) atoms. The van der Waals surface area contributed by atoms with E-state index >= 15 is 19.2 Å². The monoisotopic (exact) mass is 1570 g/mol. The average Bonchev–Trinajstić information content (AvgIpc) is 0.672. The molecular formula is C90H114N2O18Si2. The molecule has 22 heteroatoms. The Balaban J connectivity index is 1.22. The van der Waals surface area contributed by atoms with Gasteiger partial charge in [0.05, 0.1) is 48.7 Å². The molecule has 0 atom stereocenters. The maximum absolute atomic E-state index is 16.2. The minimum atomic E-state index is -3.29. The second-order valence-electron chi connectivity index (χ2n) is 28.3. The minimum Gasteiger partial charge on any atom is -0.494 e. The fourth-order valence-corrected chi connectivity index (χ4v) is 20.2. The number of amides is 4. The molecule has 0 N–H and O–H groups in total. The van der Waals surface area contributed by atoms with Gasteiger partial charge >= 0.3 is 17.6 Å². The molecule has 2 aliphatic heterocycles. The lowest BCUT2D eigenvalue weighted by atomic mass is 9.80. The number of fused-ring (bicyclic) bond motifs is 2. The largest absolute Gasteiger partial charge is 0.500 e. The van der Waals surface area contributed by atoms with Gasteiger partial charge in [0.25, 0.3) is 23.6 Å². The molecule has 9 aromatic carbocycles. The van der Waals surface area contributed by atoms with Gasteiger partial charge in [-0.2, -0.15) is 0 Å². The zero-order chi connectivity index (χ0) is 79.0. The molecule has 0 saturated carbocycles. The van der Waals surface area contributed by atoms with Gasteiger partial charge in [0.1, 0.15) is 69.0 Å². The molecule has 9 aromatic rings. The van der Waals surface area contributed by atoms with Crippen LogP contribution in [0.15, 0.2) is 121 Å². The maximum Gasteiger partial charge on any atom is 0.500 e. The number of hydrogen-bond donors (Lipinski definition) is 0. The summed E-state index contributed by atoms with van der Waals surface area (Å²) in [6.07, 6.45) is 17.1. The smallest absolute Gasteiger partial charge is 0.494 e. The highest BCUT2D eigenvalue weighted by atomic mass is 28.4. The first-order valence-corrected chi connectivity index (χ1v) is 45.1. The number of unbranched alkanes of at least 4 members (excludes halogenated alkanes) is 12. The molecule has 0 aromatic heterocycles. The van der Waals surface area contributed by atoms with Gasteiger partial charge < -0.3 is 64.5 Å². The first-order valence-electron chi connectivity index (χ1n) is 41.3. The van der Waals surface area contributed by atoms with Gasteiger partial charge in [-0.1, -0.05) is 105 Å². The number of hydrogen-bond acceptors (Lipinski definition) is 18. The van der Waals surface area contributed by atoms with Gasteiger partial charge in [-0.15, -0.1) is 0 Å². The predicted molar refractivity (Wildman–Crippen MR) is 443 cm³/mol. The molecular weight excluding hydrogens is 1450 g/mol. The zero-order valence-corrected chi connectivity index (χ0v) is 69.4. The molecule has 0 spiro atoms. The maximum atomic E-state index is 16.2. The van der Waals surface area contributed by atoms with Crippen molar-refractivity contribution in [1.29, 1.82) is 0 Å². The molecule has 20 nitrogen and oxygen atoms in total. The van der Waals surface area contributed by atoms with Crippen LogP contribution in [0.2, 0.25) is 12.1 Å². The summed E-state index contributed by atoms with van der Waals surface area (Å²) in [5.74, 6) is 2.50. The summed E-state index contributed by atoms with van der Waals surface area (Å²) in [5.41, 5.74) is 0.638. The van der Waals surface area contributed by atoms with E-state index in [0.717, 1.165) is 103 Å². The van der Waals surface area contributed by atoms with E-state index in [1.54, 1.807) is 24.3 Å². The Morgan fingerprint density at radius 3 is 0.670 bits per heavy atom. The van der Waals surface area contributed by atoms with Crippen LogP contribution in [0.3, 0.4) is 0 Å². The Hall–Kier alpha value is -8.85. The third kappa shape index (κ3) is 20.0. The molecule has 2 heterocycles. The van der Waals surface area contributed by atoms with Crippen molar-refractivity contribution >= 4 is 84.3 Å². The van der Waals surface area contributed by atoms with Crippen molar-refractivity contribution < 1.29 is 83.6 Å². The van der Waals surface area contributed by atoms with E-state index in [1.165, 1.54) is 9.80 Å². The summed E-state index contributed by atoms with van der Waals surface area (Å²) in [5, 5.41) is 2.84. The Morgan fingerprint density at radius 2 is 0.464 bits per heavy atom. The first kappa shape index (κ1) is 84.1. The normalized spacial score (nSPS) is 13.1. The molecule has 4 amide bonds. The summed E-state index contributed by atoms with van der Waals surface area (Å²) in [4.78, 5) is 67.2. The highest BCUT2D eigenvalue weighted by Crippen LogP contribution is 2.58. The quantitative estimate of drug-likeness (QED) is 0.0114. The van der Waals surface area contributed by atoms with Crippen LogP contribution < -0.4 is 37.9 Å². The van der Waals surface area contributed by atoms with E-state index < -0.39 is 41.2 Å². The van der Waals surface area contributed by atoms with E-state index in [-0.39, 0.29) is 71.2 Å². The van der Waals surface area contributed by atoms with Crippen LogP contribution in [0, 0.1) is 0 Å². The number of rotatable bonds is 52. The Morgan fingerprint density at radius 1 is 0.250 bits per heavy atom. The van der Waals surface area contributed by atoms with Crippen LogP contribution >= 0.6 is 0 Å². The Kier molecular flexibility index (Phi) is 31.0. The number of benzene rings is 9. The highest BCUT2D eigenvalue weighted by Gasteiger charge is 2.45. The number of carbonyl (C=O) groups excluding carboxylic acids is 4. The number of carbonyl (C=O) groups is 4. The molecule has 0 unspecified atom stereocenters. The first-order chi connectivity index (χ1) is 54.7. The molecule has 0 saturated heterocycles. The predicted octanol–water partition coefficient (Wildman–Crippen LogP) is 22.8. The van der Waals surface area contributed by atoms with Crippen molar-refractivity contribution in [2.24, 2.45) is 0 Å². The zero-order valence-electron chi connectivity index (χ0n) is 67.4. The average molecular weight is 1570 g/mol. The van der Waals surface area contributed by atoms with Gasteiger partial charge in [0.15, 0.2) is 0 Å². The number of imide groups is 2. The summed E-state index contributed by atoms with van der Waals surface area (Å²) in [6, 6.07) is 36.8. The Bertz CT molecular complexity index is 4010. The number of nitrogens with zero attached hydrogens (tertiary/aromatic N) is 2. The second kappa shape index (κ2) is 41.3. The lowest BCUT2D eigenvalue weighted by Gasteiger charge is -2.33.